The van der Waals surface area contributed by atoms with Crippen LogP contribution >= 0.6 is 0 Å². The number of aromatic nitrogens is 2. The summed E-state index contributed by atoms with van der Waals surface area (Å²) in [5.41, 5.74) is 20.0. The number of rotatable bonds is 9. The van der Waals surface area contributed by atoms with Crippen molar-refractivity contribution in [3.8, 4) is 50.5 Å². The number of pyridine rings is 1. The van der Waals surface area contributed by atoms with Gasteiger partial charge in [0.2, 0.25) is 0 Å². The molecule has 0 amide bonds. The minimum absolute atomic E-state index is 0.460. The average Bonchev–Trinajstić information content (AvgIpc) is 3.76. The third-order valence-corrected chi connectivity index (χ3v) is 13.0. The Kier molecular flexibility index (Phi) is 10.3. The molecule has 9 aromatic carbocycles. The predicted octanol–water partition coefficient (Wildman–Crippen LogP) is 15.9. The maximum atomic E-state index is 9.67. The van der Waals surface area contributed by atoms with E-state index in [-0.39, 0.29) is 0 Å². The van der Waals surface area contributed by atoms with E-state index in [1.54, 1.807) is 0 Å². The van der Waals surface area contributed by atoms with E-state index in [1.165, 1.54) is 21.8 Å². The molecule has 4 nitrogen and oxygen atoms in total. The molecule has 0 atom stereocenters. The summed E-state index contributed by atoms with van der Waals surface area (Å²) >= 11 is 0. The fourth-order valence-electron chi connectivity index (χ4n) is 9.71. The third-order valence-electron chi connectivity index (χ3n) is 13.0. The molecule has 0 saturated heterocycles. The van der Waals surface area contributed by atoms with Crippen molar-refractivity contribution < 1.29 is 0 Å². The first-order chi connectivity index (χ1) is 33.6. The second-order valence-corrected chi connectivity index (χ2v) is 17.2. The highest BCUT2D eigenvalue weighted by Crippen LogP contribution is 2.40. The van der Waals surface area contributed by atoms with E-state index in [9.17, 15) is 5.41 Å². The van der Waals surface area contributed by atoms with Gasteiger partial charge in [-0.15, -0.1) is 0 Å². The van der Waals surface area contributed by atoms with Crippen LogP contribution < -0.4 is 5.32 Å². The van der Waals surface area contributed by atoms with E-state index in [0.717, 1.165) is 95.2 Å². The Labute approximate surface area is 396 Å². The van der Waals surface area contributed by atoms with Gasteiger partial charge in [0.05, 0.1) is 33.8 Å². The SMILES string of the molecule is N=C(/C(=C1\NC(c2ccccc2)=Cc2cc(-c3cccc(-c4cc(-c5ccccc5)nc(-c5cccc(-n6c7ccccc7c7ccccc76)c5)c4)c3)ccc21)c1ccccc1)c1ccccc1. The van der Waals surface area contributed by atoms with Crippen LogP contribution in [-0.4, -0.2) is 15.3 Å². The van der Waals surface area contributed by atoms with Crippen LogP contribution in [0.15, 0.2) is 249 Å². The van der Waals surface area contributed by atoms with Gasteiger partial charge < -0.3 is 9.88 Å². The fourth-order valence-corrected chi connectivity index (χ4v) is 9.71. The van der Waals surface area contributed by atoms with E-state index >= 15 is 0 Å². The molecule has 4 heteroatoms. The molecule has 3 heterocycles. The lowest BCUT2D eigenvalue weighted by Gasteiger charge is -2.26. The van der Waals surface area contributed by atoms with Crippen molar-refractivity contribution in [3.63, 3.8) is 0 Å². The Morgan fingerprint density at radius 2 is 0.912 bits per heavy atom. The smallest absolute Gasteiger partial charge is 0.0716 e. The highest BCUT2D eigenvalue weighted by Gasteiger charge is 2.24. The van der Waals surface area contributed by atoms with Gasteiger partial charge in [-0.2, -0.15) is 0 Å². The molecule has 0 saturated carbocycles. The Morgan fingerprint density at radius 3 is 1.59 bits per heavy atom. The second kappa shape index (κ2) is 17.4. The number of hydrogen-bond acceptors (Lipinski definition) is 3. The molecule has 2 N–H and O–H groups in total. The van der Waals surface area contributed by atoms with Crippen LogP contribution in [0.4, 0.5) is 0 Å². The summed E-state index contributed by atoms with van der Waals surface area (Å²) in [6.45, 7) is 0. The minimum atomic E-state index is 0.460. The van der Waals surface area contributed by atoms with Crippen LogP contribution in [0.5, 0.6) is 0 Å². The molecule has 11 aromatic rings. The third kappa shape index (κ3) is 7.50. The van der Waals surface area contributed by atoms with Gasteiger partial charge in [0, 0.05) is 50.0 Å². The predicted molar refractivity (Wildman–Crippen MR) is 284 cm³/mol. The molecule has 0 unspecified atom stereocenters. The topological polar surface area (TPSA) is 53.7 Å². The largest absolute Gasteiger partial charge is 0.354 e. The maximum Gasteiger partial charge on any atom is 0.0716 e. The van der Waals surface area contributed by atoms with Gasteiger partial charge in [0.15, 0.2) is 0 Å². The van der Waals surface area contributed by atoms with Crippen LogP contribution in [0.1, 0.15) is 27.8 Å². The Bertz CT molecular complexity index is 3700. The van der Waals surface area contributed by atoms with Gasteiger partial charge in [0.25, 0.3) is 0 Å². The summed E-state index contributed by atoms with van der Waals surface area (Å²) in [4.78, 5) is 5.34. The number of benzene rings is 9. The quantitative estimate of drug-likeness (QED) is 0.142. The van der Waals surface area contributed by atoms with Crippen LogP contribution in [0, 0.1) is 5.41 Å². The Balaban J connectivity index is 0.982. The van der Waals surface area contributed by atoms with Crippen LogP contribution in [0.3, 0.4) is 0 Å². The fraction of sp³-hybridized carbons (Fsp3) is 0. The molecule has 1 aliphatic rings. The molecule has 0 spiro atoms. The van der Waals surface area contributed by atoms with Crippen molar-refractivity contribution in [2.45, 2.75) is 0 Å². The van der Waals surface area contributed by atoms with Crippen molar-refractivity contribution in [1.29, 1.82) is 5.41 Å². The van der Waals surface area contributed by atoms with Gasteiger partial charge in [-0.05, 0) is 93.6 Å². The summed E-state index contributed by atoms with van der Waals surface area (Å²) in [6, 6.07) is 87.3. The first kappa shape index (κ1) is 40.4. The number of hydrogen-bond donors (Lipinski definition) is 2. The molecule has 0 fully saturated rings. The molecule has 0 aliphatic carbocycles. The first-order valence-electron chi connectivity index (χ1n) is 23.0. The molecule has 1 aliphatic heterocycles. The number of fused-ring (bicyclic) bond motifs is 4. The lowest BCUT2D eigenvalue weighted by Crippen LogP contribution is -2.20. The van der Waals surface area contributed by atoms with Gasteiger partial charge in [-0.25, -0.2) is 4.98 Å². The lowest BCUT2D eigenvalue weighted by molar-refractivity contribution is 1.18. The van der Waals surface area contributed by atoms with Crippen molar-refractivity contribution in [1.82, 2.24) is 14.9 Å². The average molecular weight is 869 g/mol. The molecular formula is C64H44N4. The number of allylic oxidation sites excluding steroid dienone is 1. The van der Waals surface area contributed by atoms with Crippen LogP contribution in [0.2, 0.25) is 0 Å². The van der Waals surface area contributed by atoms with Crippen molar-refractivity contribution >= 4 is 50.6 Å². The second-order valence-electron chi connectivity index (χ2n) is 17.2. The molecule has 320 valence electrons. The summed E-state index contributed by atoms with van der Waals surface area (Å²) in [6.07, 6.45) is 2.24. The molecule has 0 bridgehead atoms. The van der Waals surface area contributed by atoms with Gasteiger partial charge in [0.1, 0.15) is 0 Å². The normalized spacial score (nSPS) is 12.9. The zero-order valence-corrected chi connectivity index (χ0v) is 37.1. The first-order valence-corrected chi connectivity index (χ1v) is 23.0. The summed E-state index contributed by atoms with van der Waals surface area (Å²) in [7, 11) is 0. The lowest BCUT2D eigenvalue weighted by atomic mass is 9.86. The van der Waals surface area contributed by atoms with Gasteiger partial charge in [-0.3, -0.25) is 5.41 Å². The zero-order chi connectivity index (χ0) is 45.4. The van der Waals surface area contributed by atoms with Crippen molar-refractivity contribution in [3.05, 3.63) is 277 Å². The standard InChI is InChI=1S/C64H44N4/c65-63(46-25-11-4-12-26-46)62(45-23-9-3-10-24-45)64-54-36-35-49(38-52(54)42-58(67-64)44-21-7-2-8-22-44)47-27-17-28-48(37-47)51-40-57(43-19-5-1-6-20-43)66-59(41-51)50-29-18-30-53(39-50)68-60-33-15-13-31-55(60)56-32-14-16-34-61(56)68/h1-42,65,67H/b64-62-,65-63?. The van der Waals surface area contributed by atoms with E-state index in [2.05, 4.69) is 204 Å². The van der Waals surface area contributed by atoms with E-state index in [1.807, 2.05) is 60.7 Å². The highest BCUT2D eigenvalue weighted by molar-refractivity contribution is 6.36. The number of nitrogens with zero attached hydrogens (tertiary/aromatic N) is 2. The van der Waals surface area contributed by atoms with Gasteiger partial charge in [-0.1, -0.05) is 200 Å². The summed E-state index contributed by atoms with van der Waals surface area (Å²) in [5.74, 6) is 0. The minimum Gasteiger partial charge on any atom is -0.354 e. The maximum absolute atomic E-state index is 9.67. The van der Waals surface area contributed by atoms with E-state index in [0.29, 0.717) is 5.71 Å². The zero-order valence-electron chi connectivity index (χ0n) is 37.1. The van der Waals surface area contributed by atoms with Gasteiger partial charge >= 0.3 is 0 Å². The Morgan fingerprint density at radius 1 is 0.397 bits per heavy atom. The molecule has 68 heavy (non-hydrogen) atoms. The van der Waals surface area contributed by atoms with E-state index in [4.69, 9.17) is 4.98 Å². The molecule has 2 aromatic heterocycles. The van der Waals surface area contributed by atoms with Crippen LogP contribution in [-0.2, 0) is 0 Å². The molecule has 12 rings (SSSR count). The number of para-hydroxylation sites is 2. The van der Waals surface area contributed by atoms with E-state index < -0.39 is 0 Å². The highest BCUT2D eigenvalue weighted by atomic mass is 15.0. The molecular weight excluding hydrogens is 825 g/mol. The molecule has 0 radical (unpaired) electrons. The van der Waals surface area contributed by atoms with Crippen molar-refractivity contribution in [2.75, 3.05) is 0 Å². The van der Waals surface area contributed by atoms with Crippen LogP contribution in [0.25, 0.3) is 95.3 Å². The Hall–Kier alpha value is -9.12. The summed E-state index contributed by atoms with van der Waals surface area (Å²) < 4.78 is 2.36. The summed E-state index contributed by atoms with van der Waals surface area (Å²) in [5, 5.41) is 16.0. The monoisotopic (exact) mass is 868 g/mol. The number of nitrogens with one attached hydrogen (secondary N) is 2. The van der Waals surface area contributed by atoms with Crippen molar-refractivity contribution in [2.24, 2.45) is 0 Å².